The Labute approximate surface area is 232 Å². The molecule has 9 heteroatoms. The van der Waals surface area contributed by atoms with Crippen LogP contribution in [0.5, 0.6) is 0 Å². The van der Waals surface area contributed by atoms with Gasteiger partial charge >= 0.3 is 0 Å². The SMILES string of the molecule is Cc1cnc(N[C@H]2CCC[C@H]2N2CC(F)C2)nc1-c1cn(-c2ccccc2)c2nc(-c3c(C)noc3C)ccc12. The van der Waals surface area contributed by atoms with Crippen LogP contribution in [0.1, 0.15) is 36.3 Å². The van der Waals surface area contributed by atoms with E-state index in [1.807, 2.05) is 51.2 Å². The number of likely N-dealkylation sites (tertiary alicyclic amines) is 1. The van der Waals surface area contributed by atoms with E-state index in [1.165, 1.54) is 0 Å². The van der Waals surface area contributed by atoms with Crippen LogP contribution in [0.2, 0.25) is 0 Å². The number of benzene rings is 1. The van der Waals surface area contributed by atoms with Crippen LogP contribution >= 0.6 is 0 Å². The highest BCUT2D eigenvalue weighted by atomic mass is 19.1. The molecule has 4 aromatic heterocycles. The molecular weight excluding hydrogens is 505 g/mol. The zero-order chi connectivity index (χ0) is 27.4. The number of fused-ring (bicyclic) bond motifs is 1. The third-order valence-electron chi connectivity index (χ3n) is 8.33. The van der Waals surface area contributed by atoms with E-state index in [-0.39, 0.29) is 6.04 Å². The number of alkyl halides is 1. The molecule has 1 aliphatic heterocycles. The van der Waals surface area contributed by atoms with Crippen LogP contribution in [-0.2, 0) is 0 Å². The van der Waals surface area contributed by atoms with E-state index < -0.39 is 6.17 Å². The Morgan fingerprint density at radius 3 is 2.58 bits per heavy atom. The molecule has 1 saturated carbocycles. The number of hydrogen-bond donors (Lipinski definition) is 1. The summed E-state index contributed by atoms with van der Waals surface area (Å²) in [5.41, 5.74) is 7.25. The van der Waals surface area contributed by atoms with Crippen LogP contribution in [0.25, 0.3) is 39.2 Å². The molecule has 5 heterocycles. The van der Waals surface area contributed by atoms with Gasteiger partial charge in [-0.2, -0.15) is 0 Å². The average Bonchev–Trinajstić information content (AvgIpc) is 3.65. The van der Waals surface area contributed by atoms with Crippen molar-refractivity contribution >= 4 is 17.0 Å². The van der Waals surface area contributed by atoms with Crippen molar-refractivity contribution < 1.29 is 8.91 Å². The van der Waals surface area contributed by atoms with Gasteiger partial charge in [-0.3, -0.25) is 4.90 Å². The second kappa shape index (κ2) is 9.82. The maximum atomic E-state index is 13.6. The smallest absolute Gasteiger partial charge is 0.223 e. The molecule has 8 nitrogen and oxygen atoms in total. The van der Waals surface area contributed by atoms with Gasteiger partial charge in [0, 0.05) is 54.2 Å². The van der Waals surface area contributed by atoms with Crippen molar-refractivity contribution in [1.82, 2.24) is 29.6 Å². The maximum absolute atomic E-state index is 13.6. The molecule has 204 valence electrons. The van der Waals surface area contributed by atoms with Crippen LogP contribution in [0, 0.1) is 20.8 Å². The molecule has 7 rings (SSSR count). The summed E-state index contributed by atoms with van der Waals surface area (Å²) in [7, 11) is 0. The maximum Gasteiger partial charge on any atom is 0.223 e. The number of hydrogen-bond acceptors (Lipinski definition) is 7. The van der Waals surface area contributed by atoms with Crippen molar-refractivity contribution in [1.29, 1.82) is 0 Å². The minimum Gasteiger partial charge on any atom is -0.361 e. The summed E-state index contributed by atoms with van der Waals surface area (Å²) in [6, 6.07) is 14.9. The fourth-order valence-electron chi connectivity index (χ4n) is 6.29. The summed E-state index contributed by atoms with van der Waals surface area (Å²) >= 11 is 0. The first-order chi connectivity index (χ1) is 19.5. The van der Waals surface area contributed by atoms with Crippen LogP contribution in [0.4, 0.5) is 10.3 Å². The number of pyridine rings is 1. The predicted molar refractivity (Wildman–Crippen MR) is 153 cm³/mol. The predicted octanol–water partition coefficient (Wildman–Crippen LogP) is 6.05. The number of aromatic nitrogens is 5. The van der Waals surface area contributed by atoms with Gasteiger partial charge in [0.1, 0.15) is 17.6 Å². The number of rotatable bonds is 6. The quantitative estimate of drug-likeness (QED) is 0.282. The third-order valence-corrected chi connectivity index (χ3v) is 8.33. The minimum atomic E-state index is -0.697. The topological polar surface area (TPSA) is 84.9 Å². The summed E-state index contributed by atoms with van der Waals surface area (Å²) in [5.74, 6) is 1.35. The lowest BCUT2D eigenvalue weighted by atomic mass is 10.0. The summed E-state index contributed by atoms with van der Waals surface area (Å²) in [6.07, 6.45) is 6.53. The first-order valence-electron chi connectivity index (χ1n) is 14.0. The molecule has 1 saturated heterocycles. The van der Waals surface area contributed by atoms with Gasteiger partial charge in [-0.1, -0.05) is 23.4 Å². The summed E-state index contributed by atoms with van der Waals surface area (Å²) in [6.45, 7) is 6.95. The highest BCUT2D eigenvalue weighted by molar-refractivity contribution is 5.96. The fraction of sp³-hybridized carbons (Fsp3) is 0.355. The Bertz CT molecular complexity index is 1670. The van der Waals surface area contributed by atoms with Gasteiger partial charge in [0.15, 0.2) is 0 Å². The van der Waals surface area contributed by atoms with Crippen molar-refractivity contribution in [2.45, 2.75) is 58.3 Å². The Hall–Kier alpha value is -4.11. The van der Waals surface area contributed by atoms with Crippen LogP contribution < -0.4 is 5.32 Å². The van der Waals surface area contributed by atoms with E-state index in [1.54, 1.807) is 0 Å². The molecule has 0 bridgehead atoms. The first-order valence-corrected chi connectivity index (χ1v) is 14.0. The van der Waals surface area contributed by atoms with Crippen molar-refractivity contribution in [2.75, 3.05) is 18.4 Å². The lowest BCUT2D eigenvalue weighted by Gasteiger charge is -2.41. The number of nitrogens with zero attached hydrogens (tertiary/aromatic N) is 6. The monoisotopic (exact) mass is 537 g/mol. The van der Waals surface area contributed by atoms with E-state index in [0.29, 0.717) is 25.1 Å². The van der Waals surface area contributed by atoms with Gasteiger partial charge < -0.3 is 14.4 Å². The molecular formula is C31H32FN7O. The first kappa shape index (κ1) is 24.9. The Kier molecular flexibility index (Phi) is 6.11. The second-order valence-electron chi connectivity index (χ2n) is 11.0. The molecule has 0 amide bonds. The highest BCUT2D eigenvalue weighted by Gasteiger charge is 2.39. The Morgan fingerprint density at radius 1 is 1.00 bits per heavy atom. The molecule has 2 fully saturated rings. The molecule has 2 aliphatic rings. The number of anilines is 1. The van der Waals surface area contributed by atoms with Gasteiger partial charge in [0.2, 0.25) is 5.95 Å². The molecule has 0 unspecified atom stereocenters. The lowest BCUT2D eigenvalue weighted by Crippen LogP contribution is -2.56. The second-order valence-corrected chi connectivity index (χ2v) is 11.0. The van der Waals surface area contributed by atoms with Gasteiger partial charge in [0.05, 0.1) is 22.6 Å². The number of aryl methyl sites for hydroxylation is 3. The summed E-state index contributed by atoms with van der Waals surface area (Å²) < 4.78 is 21.1. The van der Waals surface area contributed by atoms with Gasteiger partial charge in [-0.15, -0.1) is 0 Å². The van der Waals surface area contributed by atoms with Crippen LogP contribution in [0.3, 0.4) is 0 Å². The zero-order valence-corrected chi connectivity index (χ0v) is 22.9. The van der Waals surface area contributed by atoms with Crippen molar-refractivity contribution in [3.05, 3.63) is 71.9 Å². The van der Waals surface area contributed by atoms with Crippen molar-refractivity contribution in [2.24, 2.45) is 0 Å². The normalized spacial score (nSPS) is 19.8. The van der Waals surface area contributed by atoms with E-state index in [0.717, 1.165) is 75.5 Å². The van der Waals surface area contributed by atoms with Gasteiger partial charge in [0.25, 0.3) is 0 Å². The van der Waals surface area contributed by atoms with E-state index in [4.69, 9.17) is 14.5 Å². The largest absolute Gasteiger partial charge is 0.361 e. The molecule has 1 aliphatic carbocycles. The van der Waals surface area contributed by atoms with Crippen LogP contribution in [0.15, 0.2) is 59.4 Å². The van der Waals surface area contributed by atoms with Crippen molar-refractivity contribution in [3.63, 3.8) is 0 Å². The minimum absolute atomic E-state index is 0.216. The van der Waals surface area contributed by atoms with E-state index in [2.05, 4.69) is 49.3 Å². The Balaban J connectivity index is 1.31. The lowest BCUT2D eigenvalue weighted by molar-refractivity contribution is 0.0265. The summed E-state index contributed by atoms with van der Waals surface area (Å²) in [5, 5.41) is 8.72. The number of halogens is 1. The summed E-state index contributed by atoms with van der Waals surface area (Å²) in [4.78, 5) is 17.0. The number of nitrogens with one attached hydrogen (secondary N) is 1. The number of para-hydroxylation sites is 1. The Morgan fingerprint density at radius 2 is 1.82 bits per heavy atom. The van der Waals surface area contributed by atoms with Gasteiger partial charge in [-0.05, 0) is 69.9 Å². The molecule has 1 N–H and O–H groups in total. The van der Waals surface area contributed by atoms with Gasteiger partial charge in [-0.25, -0.2) is 19.3 Å². The highest BCUT2D eigenvalue weighted by Crippen LogP contribution is 2.36. The zero-order valence-electron chi connectivity index (χ0n) is 22.9. The van der Waals surface area contributed by atoms with Crippen molar-refractivity contribution in [3.8, 4) is 28.2 Å². The standard InChI is InChI=1S/C31H32FN7O/c1-18-14-33-31(35-25-10-7-11-27(25)38-15-21(32)16-38)36-29(18)24-17-39(22-8-5-4-6-9-22)30-23(24)12-13-26(34-30)28-19(2)37-40-20(28)3/h4-6,8-9,12-14,17,21,25,27H,7,10-11,15-16H2,1-3H3,(H,33,35,36)/t25-,27+/m0/s1. The molecule has 1 aromatic carbocycles. The molecule has 0 radical (unpaired) electrons. The average molecular weight is 538 g/mol. The van der Waals surface area contributed by atoms with E-state index in [9.17, 15) is 4.39 Å². The van der Waals surface area contributed by atoms with Crippen LogP contribution in [-0.4, -0.2) is 60.9 Å². The molecule has 2 atom stereocenters. The molecule has 40 heavy (non-hydrogen) atoms. The fourth-order valence-corrected chi connectivity index (χ4v) is 6.29. The third kappa shape index (κ3) is 4.25. The molecule has 0 spiro atoms. The van der Waals surface area contributed by atoms with E-state index >= 15 is 0 Å². The molecule has 5 aromatic rings.